The predicted molar refractivity (Wildman–Crippen MR) is 86.4 cm³/mol. The van der Waals surface area contributed by atoms with Crippen LogP contribution in [-0.2, 0) is 28.8 Å². The number of hydrogen-bond acceptors (Lipinski definition) is 7. The first-order chi connectivity index (χ1) is 12.4. The SMILES string of the molecule is CCON(CC=O)C(=O)CC(C=O)NC(=O)N1CCN(CC)C(=O)C1=O. The fourth-order valence-corrected chi connectivity index (χ4v) is 2.28. The summed E-state index contributed by atoms with van der Waals surface area (Å²) in [6.07, 6.45) is 0.328. The van der Waals surface area contributed by atoms with E-state index >= 15 is 0 Å². The summed E-state index contributed by atoms with van der Waals surface area (Å²) in [7, 11) is 0. The van der Waals surface area contributed by atoms with Crippen molar-refractivity contribution < 1.29 is 33.6 Å². The molecule has 0 aliphatic carbocycles. The van der Waals surface area contributed by atoms with E-state index in [1.54, 1.807) is 13.8 Å². The summed E-state index contributed by atoms with van der Waals surface area (Å²) in [4.78, 5) is 76.7. The lowest BCUT2D eigenvalue weighted by molar-refractivity contribution is -0.185. The Morgan fingerprint density at radius 3 is 2.46 bits per heavy atom. The van der Waals surface area contributed by atoms with Crippen molar-refractivity contribution in [1.29, 1.82) is 0 Å². The van der Waals surface area contributed by atoms with Crippen LogP contribution in [-0.4, -0.2) is 90.0 Å². The molecule has 0 radical (unpaired) electrons. The molecule has 1 aliphatic heterocycles. The second kappa shape index (κ2) is 10.2. The van der Waals surface area contributed by atoms with E-state index in [1.165, 1.54) is 4.90 Å². The van der Waals surface area contributed by atoms with Crippen LogP contribution < -0.4 is 5.32 Å². The number of likely N-dealkylation sites (N-methyl/N-ethyl adjacent to an activating group) is 1. The lowest BCUT2D eigenvalue weighted by Gasteiger charge is -2.32. The van der Waals surface area contributed by atoms with Crippen LogP contribution in [0.5, 0.6) is 0 Å². The molecule has 1 aliphatic rings. The number of nitrogens with zero attached hydrogens (tertiary/aromatic N) is 3. The minimum atomic E-state index is -1.24. The number of amides is 5. The second-order valence-electron chi connectivity index (χ2n) is 5.28. The smallest absolute Gasteiger partial charge is 0.325 e. The molecule has 11 nitrogen and oxygen atoms in total. The zero-order chi connectivity index (χ0) is 19.7. The largest absolute Gasteiger partial charge is 0.333 e. The molecule has 1 unspecified atom stereocenters. The highest BCUT2D eigenvalue weighted by atomic mass is 16.7. The molecule has 1 saturated heterocycles. The van der Waals surface area contributed by atoms with Gasteiger partial charge in [-0.15, -0.1) is 0 Å². The number of aldehydes is 2. The summed E-state index contributed by atoms with van der Waals surface area (Å²) < 4.78 is 0. The summed E-state index contributed by atoms with van der Waals surface area (Å²) in [5.41, 5.74) is 0. The van der Waals surface area contributed by atoms with E-state index in [9.17, 15) is 28.8 Å². The van der Waals surface area contributed by atoms with E-state index < -0.39 is 36.2 Å². The van der Waals surface area contributed by atoms with Crippen molar-refractivity contribution in [1.82, 2.24) is 20.2 Å². The van der Waals surface area contributed by atoms with E-state index in [2.05, 4.69) is 5.32 Å². The first-order valence-corrected chi connectivity index (χ1v) is 8.12. The highest BCUT2D eigenvalue weighted by Crippen LogP contribution is 2.06. The Morgan fingerprint density at radius 2 is 1.92 bits per heavy atom. The number of hydrogen-bond donors (Lipinski definition) is 1. The maximum atomic E-state index is 12.2. The third-order valence-corrected chi connectivity index (χ3v) is 3.61. The van der Waals surface area contributed by atoms with Gasteiger partial charge in [0.05, 0.1) is 19.1 Å². The van der Waals surface area contributed by atoms with Gasteiger partial charge in [-0.3, -0.25) is 24.1 Å². The minimum Gasteiger partial charge on any atom is -0.333 e. The zero-order valence-electron chi connectivity index (χ0n) is 14.7. The summed E-state index contributed by atoms with van der Waals surface area (Å²) in [5, 5.41) is 3.01. The number of carbonyl (C=O) groups is 6. The lowest BCUT2D eigenvalue weighted by Crippen LogP contribution is -2.59. The Kier molecular flexibility index (Phi) is 8.35. The number of nitrogens with one attached hydrogen (secondary N) is 1. The number of imide groups is 1. The highest BCUT2D eigenvalue weighted by molar-refractivity contribution is 6.38. The van der Waals surface area contributed by atoms with Gasteiger partial charge in [0.2, 0.25) is 5.91 Å². The Hall–Kier alpha value is -2.82. The minimum absolute atomic E-state index is 0.0139. The van der Waals surface area contributed by atoms with Gasteiger partial charge in [0.1, 0.15) is 19.1 Å². The highest BCUT2D eigenvalue weighted by Gasteiger charge is 2.36. The fourth-order valence-electron chi connectivity index (χ4n) is 2.28. The number of rotatable bonds is 9. The maximum absolute atomic E-state index is 12.2. The summed E-state index contributed by atoms with van der Waals surface area (Å²) in [5.74, 6) is -2.49. The van der Waals surface area contributed by atoms with Crippen LogP contribution in [0.4, 0.5) is 4.79 Å². The molecule has 1 N–H and O–H groups in total. The van der Waals surface area contributed by atoms with Crippen molar-refractivity contribution in [2.24, 2.45) is 0 Å². The van der Waals surface area contributed by atoms with Gasteiger partial charge in [-0.1, -0.05) is 0 Å². The molecular formula is C15H22N4O7. The van der Waals surface area contributed by atoms with Gasteiger partial charge < -0.3 is 19.8 Å². The number of hydroxylamine groups is 2. The zero-order valence-corrected chi connectivity index (χ0v) is 14.7. The van der Waals surface area contributed by atoms with Crippen LogP contribution in [0, 0.1) is 0 Å². The molecule has 0 saturated carbocycles. The molecule has 1 rings (SSSR count). The third kappa shape index (κ3) is 5.34. The molecule has 1 fully saturated rings. The molecule has 11 heteroatoms. The van der Waals surface area contributed by atoms with E-state index in [4.69, 9.17) is 4.84 Å². The van der Waals surface area contributed by atoms with Gasteiger partial charge in [-0.25, -0.2) is 9.86 Å². The molecule has 0 aromatic heterocycles. The molecular weight excluding hydrogens is 348 g/mol. The van der Waals surface area contributed by atoms with Crippen molar-refractivity contribution in [2.45, 2.75) is 26.3 Å². The number of piperazine rings is 1. The third-order valence-electron chi connectivity index (χ3n) is 3.61. The van der Waals surface area contributed by atoms with E-state index in [-0.39, 0.29) is 26.2 Å². The van der Waals surface area contributed by atoms with Gasteiger partial charge in [-0.05, 0) is 13.8 Å². The van der Waals surface area contributed by atoms with Crippen LogP contribution in [0.15, 0.2) is 0 Å². The van der Waals surface area contributed by atoms with Crippen LogP contribution in [0.3, 0.4) is 0 Å². The van der Waals surface area contributed by atoms with Gasteiger partial charge in [0.25, 0.3) is 0 Å². The molecule has 1 atom stereocenters. The summed E-state index contributed by atoms with van der Waals surface area (Å²) >= 11 is 0. The van der Waals surface area contributed by atoms with Crippen molar-refractivity contribution in [3.05, 3.63) is 0 Å². The lowest BCUT2D eigenvalue weighted by atomic mass is 10.2. The average molecular weight is 370 g/mol. The molecule has 0 aromatic carbocycles. The summed E-state index contributed by atoms with van der Waals surface area (Å²) in [6, 6.07) is -2.18. The standard InChI is InChI=1S/C15H22N4O7/c1-3-17-5-6-18(14(24)13(17)23)15(25)16-11(10-21)9-12(22)19(7-8-20)26-4-2/h8,10-11H,3-7,9H2,1-2H3,(H,16,25). The van der Waals surface area contributed by atoms with E-state index in [0.717, 1.165) is 5.06 Å². The normalized spacial score (nSPS) is 15.5. The second-order valence-corrected chi connectivity index (χ2v) is 5.28. The predicted octanol–water partition coefficient (Wildman–Crippen LogP) is -1.68. The van der Waals surface area contributed by atoms with E-state index in [1.807, 2.05) is 0 Å². The van der Waals surface area contributed by atoms with Crippen molar-refractivity contribution in [2.75, 3.05) is 32.8 Å². The monoisotopic (exact) mass is 370 g/mol. The van der Waals surface area contributed by atoms with Gasteiger partial charge >= 0.3 is 17.8 Å². The number of urea groups is 1. The van der Waals surface area contributed by atoms with Crippen molar-refractivity contribution in [3.8, 4) is 0 Å². The van der Waals surface area contributed by atoms with Gasteiger partial charge in [-0.2, -0.15) is 0 Å². The Bertz CT molecular complexity index is 580. The van der Waals surface area contributed by atoms with Crippen molar-refractivity contribution >= 4 is 36.3 Å². The quantitative estimate of drug-likeness (QED) is 0.291. The van der Waals surface area contributed by atoms with Gasteiger partial charge in [0.15, 0.2) is 0 Å². The molecule has 0 bridgehead atoms. The fraction of sp³-hybridized carbons (Fsp3) is 0.600. The number of carbonyl (C=O) groups excluding carboxylic acids is 6. The first kappa shape index (κ1) is 21.2. The molecule has 5 amide bonds. The first-order valence-electron chi connectivity index (χ1n) is 8.12. The van der Waals surface area contributed by atoms with Crippen LogP contribution >= 0.6 is 0 Å². The van der Waals surface area contributed by atoms with Crippen LogP contribution in [0.25, 0.3) is 0 Å². The average Bonchev–Trinajstić information content (AvgIpc) is 2.62. The van der Waals surface area contributed by atoms with Gasteiger partial charge in [0, 0.05) is 19.6 Å². The maximum Gasteiger partial charge on any atom is 0.325 e. The van der Waals surface area contributed by atoms with Crippen molar-refractivity contribution in [3.63, 3.8) is 0 Å². The van der Waals surface area contributed by atoms with Crippen LogP contribution in [0.2, 0.25) is 0 Å². The Morgan fingerprint density at radius 1 is 1.23 bits per heavy atom. The summed E-state index contributed by atoms with van der Waals surface area (Å²) in [6.45, 7) is 3.65. The van der Waals surface area contributed by atoms with Crippen LogP contribution in [0.1, 0.15) is 20.3 Å². The Labute approximate surface area is 150 Å². The van der Waals surface area contributed by atoms with E-state index in [0.29, 0.717) is 24.0 Å². The molecule has 144 valence electrons. The Balaban J connectivity index is 2.69. The molecule has 1 heterocycles. The molecule has 26 heavy (non-hydrogen) atoms. The molecule has 0 spiro atoms. The topological polar surface area (TPSA) is 133 Å². The molecule has 0 aromatic rings.